The van der Waals surface area contributed by atoms with E-state index in [0.29, 0.717) is 11.4 Å². The van der Waals surface area contributed by atoms with Crippen molar-refractivity contribution in [3.8, 4) is 0 Å². The number of urea groups is 1. The number of amides is 4. The number of nitrogens with zero attached hydrogens (tertiary/aromatic N) is 2. The second kappa shape index (κ2) is 10.1. The summed E-state index contributed by atoms with van der Waals surface area (Å²) in [7, 11) is 0. The molecule has 1 fully saturated rings. The normalized spacial score (nSPS) is 18.9. The van der Waals surface area contributed by atoms with Gasteiger partial charge in [0.05, 0.1) is 11.3 Å². The maximum absolute atomic E-state index is 14.2. The summed E-state index contributed by atoms with van der Waals surface area (Å²) in [5.41, 5.74) is 3.53. The lowest BCUT2D eigenvalue weighted by molar-refractivity contribution is -0.140. The Kier molecular flexibility index (Phi) is 6.54. The minimum absolute atomic E-state index is 0.0317. The molecule has 0 spiro atoms. The number of hydrogen-bond donors (Lipinski definition) is 3. The summed E-state index contributed by atoms with van der Waals surface area (Å²) in [4.78, 5) is 59.4. The average molecular weight is 571 g/mol. The fourth-order valence-corrected chi connectivity index (χ4v) is 6.11. The molecule has 0 radical (unpaired) electrons. The Balaban J connectivity index is 1.45. The fraction of sp³-hybridized carbons (Fsp3) is 0.226. The molecule has 2 aliphatic rings. The quantitative estimate of drug-likeness (QED) is 0.277. The van der Waals surface area contributed by atoms with Gasteiger partial charge in [-0.3, -0.25) is 14.5 Å². The van der Waals surface area contributed by atoms with Crippen LogP contribution in [0.5, 0.6) is 0 Å². The fourth-order valence-electron chi connectivity index (χ4n) is 5.91. The smallest absolute Gasteiger partial charge is 0.332 e. The van der Waals surface area contributed by atoms with Crippen molar-refractivity contribution in [2.24, 2.45) is 5.92 Å². The topological polar surface area (TPSA) is 123 Å². The number of carboxylic acid groups (broad SMARTS) is 1. The number of hydrogen-bond acceptors (Lipinski definition) is 4. The van der Waals surface area contributed by atoms with Crippen LogP contribution in [0.3, 0.4) is 0 Å². The van der Waals surface area contributed by atoms with Crippen LogP contribution in [-0.2, 0) is 16.0 Å². The number of carbonyl (C=O) groups is 4. The van der Waals surface area contributed by atoms with E-state index in [0.717, 1.165) is 32.6 Å². The minimum Gasteiger partial charge on any atom is -0.480 e. The zero-order valence-corrected chi connectivity index (χ0v) is 23.1. The lowest BCUT2D eigenvalue weighted by Crippen LogP contribution is -2.45. The summed E-state index contributed by atoms with van der Waals surface area (Å²) >= 11 is 6.37. The lowest BCUT2D eigenvalue weighted by Gasteiger charge is -2.36. The third-order valence-electron chi connectivity index (χ3n) is 7.82. The van der Waals surface area contributed by atoms with Gasteiger partial charge in [0.1, 0.15) is 18.1 Å². The number of H-pyrrole nitrogens is 1. The molecule has 3 aromatic carbocycles. The van der Waals surface area contributed by atoms with E-state index < -0.39 is 41.9 Å². The van der Waals surface area contributed by atoms with Gasteiger partial charge in [0.15, 0.2) is 0 Å². The van der Waals surface area contributed by atoms with Gasteiger partial charge in [-0.2, -0.15) is 0 Å². The standard InChI is InChI=1S/C31H27ClN4O5/c1-16(2)25(30(39)40)34-28(37)20-11-4-6-13-23(20)36-29(38)24-15-21-19-10-3-5-12-22(19)33-26(21)27(35(24)31(36)41)17-8-7-9-18(32)14-17/h3-14,16,24-25,27,33H,15H2,1-2H3,(H,34,37)(H,39,40). The molecule has 9 nitrogen and oxygen atoms in total. The van der Waals surface area contributed by atoms with Crippen molar-refractivity contribution in [2.45, 2.75) is 38.4 Å². The highest BCUT2D eigenvalue weighted by Crippen LogP contribution is 2.45. The number of carbonyl (C=O) groups excluding carboxylic acids is 3. The molecule has 1 saturated heterocycles. The number of carboxylic acids is 1. The maximum Gasteiger partial charge on any atom is 0.332 e. The number of aromatic nitrogens is 1. The average Bonchev–Trinajstić information content (AvgIpc) is 3.44. The van der Waals surface area contributed by atoms with Gasteiger partial charge in [0, 0.05) is 28.0 Å². The number of halogens is 1. The number of rotatable bonds is 6. The Labute approximate surface area is 240 Å². The first-order valence-electron chi connectivity index (χ1n) is 13.3. The molecule has 0 aliphatic carbocycles. The Morgan fingerprint density at radius 1 is 1.02 bits per heavy atom. The van der Waals surface area contributed by atoms with E-state index in [2.05, 4.69) is 10.3 Å². The molecular weight excluding hydrogens is 544 g/mol. The molecule has 3 N–H and O–H groups in total. The molecule has 4 aromatic rings. The third kappa shape index (κ3) is 4.33. The maximum atomic E-state index is 14.2. The number of imide groups is 1. The van der Waals surface area contributed by atoms with Crippen molar-refractivity contribution in [3.05, 3.63) is 100 Å². The molecule has 4 amide bonds. The van der Waals surface area contributed by atoms with Crippen molar-refractivity contribution < 1.29 is 24.3 Å². The van der Waals surface area contributed by atoms with Crippen LogP contribution < -0.4 is 10.2 Å². The Hall–Kier alpha value is -4.63. The predicted octanol–water partition coefficient (Wildman–Crippen LogP) is 5.14. The van der Waals surface area contributed by atoms with E-state index >= 15 is 0 Å². The number of aliphatic carboxylic acids is 1. The van der Waals surface area contributed by atoms with E-state index in [9.17, 15) is 24.3 Å². The van der Waals surface area contributed by atoms with Crippen LogP contribution in [-0.4, -0.2) is 50.9 Å². The second-order valence-electron chi connectivity index (χ2n) is 10.7. The zero-order valence-electron chi connectivity index (χ0n) is 22.3. The van der Waals surface area contributed by atoms with Crippen molar-refractivity contribution in [3.63, 3.8) is 0 Å². The molecule has 6 rings (SSSR count). The van der Waals surface area contributed by atoms with Crippen LogP contribution in [0.15, 0.2) is 72.8 Å². The Morgan fingerprint density at radius 3 is 2.49 bits per heavy atom. The summed E-state index contributed by atoms with van der Waals surface area (Å²) in [5.74, 6) is -2.70. The summed E-state index contributed by atoms with van der Waals surface area (Å²) < 4.78 is 0. The molecule has 41 heavy (non-hydrogen) atoms. The van der Waals surface area contributed by atoms with Crippen LogP contribution in [0.4, 0.5) is 10.5 Å². The van der Waals surface area contributed by atoms with Gasteiger partial charge in [-0.05, 0) is 47.4 Å². The molecule has 10 heteroatoms. The lowest BCUT2D eigenvalue weighted by atomic mass is 9.89. The number of aromatic amines is 1. The van der Waals surface area contributed by atoms with E-state index in [1.54, 1.807) is 49.1 Å². The molecule has 3 heterocycles. The Morgan fingerprint density at radius 2 is 1.76 bits per heavy atom. The van der Waals surface area contributed by atoms with E-state index in [1.165, 1.54) is 12.1 Å². The minimum atomic E-state index is -1.17. The van der Waals surface area contributed by atoms with Gasteiger partial charge >= 0.3 is 12.0 Å². The zero-order chi connectivity index (χ0) is 29.0. The molecule has 3 unspecified atom stereocenters. The summed E-state index contributed by atoms with van der Waals surface area (Å²) in [5, 5.41) is 13.6. The first kappa shape index (κ1) is 26.6. The van der Waals surface area contributed by atoms with Crippen LogP contribution in [0, 0.1) is 5.92 Å². The number of para-hydroxylation sites is 2. The first-order chi connectivity index (χ1) is 19.7. The number of benzene rings is 3. The van der Waals surface area contributed by atoms with E-state index in [1.807, 2.05) is 30.3 Å². The summed E-state index contributed by atoms with van der Waals surface area (Å²) in [6.45, 7) is 3.37. The highest BCUT2D eigenvalue weighted by atomic mass is 35.5. The second-order valence-corrected chi connectivity index (χ2v) is 11.1. The largest absolute Gasteiger partial charge is 0.480 e. The third-order valence-corrected chi connectivity index (χ3v) is 8.06. The van der Waals surface area contributed by atoms with E-state index in [4.69, 9.17) is 11.6 Å². The molecule has 0 saturated carbocycles. The van der Waals surface area contributed by atoms with Crippen LogP contribution in [0.1, 0.15) is 47.1 Å². The molecule has 1 aromatic heterocycles. The number of anilines is 1. The SMILES string of the molecule is CC(C)C(NC(=O)c1ccccc1N1C(=O)C2Cc3c([nH]c4ccccc34)C(c3cccc(Cl)c3)N2C1=O)C(=O)O. The molecule has 3 atom stereocenters. The summed E-state index contributed by atoms with van der Waals surface area (Å²) in [6.07, 6.45) is 0.292. The van der Waals surface area contributed by atoms with Gasteiger partial charge in [0.2, 0.25) is 0 Å². The van der Waals surface area contributed by atoms with Gasteiger partial charge in [-0.1, -0.05) is 67.9 Å². The molecule has 208 valence electrons. The number of fused-ring (bicyclic) bond motifs is 4. The summed E-state index contributed by atoms with van der Waals surface area (Å²) in [6, 6.07) is 18.1. The first-order valence-corrected chi connectivity index (χ1v) is 13.7. The van der Waals surface area contributed by atoms with Crippen molar-refractivity contribution in [1.82, 2.24) is 15.2 Å². The highest BCUT2D eigenvalue weighted by molar-refractivity contribution is 6.30. The van der Waals surface area contributed by atoms with Gasteiger partial charge in [-0.15, -0.1) is 0 Å². The molecule has 0 bridgehead atoms. The predicted molar refractivity (Wildman–Crippen MR) is 154 cm³/mol. The van der Waals surface area contributed by atoms with Crippen molar-refractivity contribution >= 4 is 52.0 Å². The van der Waals surface area contributed by atoms with Crippen LogP contribution in [0.25, 0.3) is 10.9 Å². The molecular formula is C31H27ClN4O5. The Bertz CT molecular complexity index is 1730. The van der Waals surface area contributed by atoms with Crippen LogP contribution in [0.2, 0.25) is 5.02 Å². The van der Waals surface area contributed by atoms with Crippen LogP contribution >= 0.6 is 11.6 Å². The van der Waals surface area contributed by atoms with Crippen molar-refractivity contribution in [1.29, 1.82) is 0 Å². The van der Waals surface area contributed by atoms with E-state index in [-0.39, 0.29) is 17.2 Å². The van der Waals surface area contributed by atoms with Crippen molar-refractivity contribution in [2.75, 3.05) is 4.90 Å². The van der Waals surface area contributed by atoms with Gasteiger partial charge in [-0.25, -0.2) is 14.5 Å². The van der Waals surface area contributed by atoms with Gasteiger partial charge < -0.3 is 15.4 Å². The highest BCUT2D eigenvalue weighted by Gasteiger charge is 2.53. The van der Waals surface area contributed by atoms with Gasteiger partial charge in [0.25, 0.3) is 11.8 Å². The number of nitrogens with one attached hydrogen (secondary N) is 2. The monoisotopic (exact) mass is 570 g/mol. The molecule has 2 aliphatic heterocycles.